The van der Waals surface area contributed by atoms with Gasteiger partial charge >= 0.3 is 0 Å². The number of nitrogens with two attached hydrogens (primary N) is 2. The van der Waals surface area contributed by atoms with Crippen molar-refractivity contribution in [1.82, 2.24) is 31.6 Å². The van der Waals surface area contributed by atoms with Crippen molar-refractivity contribution in [3.8, 4) is 17.2 Å². The molecule has 0 aliphatic carbocycles. The SMILES string of the molecule is C[C@H](NC(=O)[C@@H](NC(=O)[C@H](CN)NC(=O)c1ccc(-c2ccc(Cl)cc2)cc1)[C@@H](C)O)C(=O)N[C@@H](CCCCN)C(=O)N[C@@H](C)C(=O)c1ncc(C#N)o1. The molecule has 0 aliphatic heterocycles. The standard InChI is InChI=1S/C36H44ClN9O8/c1-19(30(48)36-41-18-26(16-39)54-36)42-33(51)27(6-4-5-15-38)44-31(49)20(2)43-35(53)29(21(3)47)46-34(52)28(17-40)45-32(50)24-9-7-22(8-10-24)23-11-13-25(37)14-12-23/h7-14,18-21,27-29,47H,4-6,15,17,38,40H2,1-3H3,(H,42,51)(H,43,53)(H,44,49)(H,45,50)(H,46,52)/t19-,20-,21+,27-,28-,29-/m0/s1. The molecule has 17 nitrogen and oxygen atoms in total. The van der Waals surface area contributed by atoms with Gasteiger partial charge in [-0.05, 0) is 82.0 Å². The first-order valence-electron chi connectivity index (χ1n) is 17.1. The molecule has 0 radical (unpaired) electrons. The number of rotatable bonds is 19. The van der Waals surface area contributed by atoms with Gasteiger partial charge in [-0.3, -0.25) is 28.8 Å². The topological polar surface area (TPSA) is 285 Å². The van der Waals surface area contributed by atoms with Crippen LogP contribution >= 0.6 is 11.6 Å². The number of nitrogens with one attached hydrogen (secondary N) is 5. The summed E-state index contributed by atoms with van der Waals surface area (Å²) in [4.78, 5) is 82.1. The van der Waals surface area contributed by atoms with E-state index in [0.29, 0.717) is 24.4 Å². The Morgan fingerprint density at radius 2 is 1.39 bits per heavy atom. The van der Waals surface area contributed by atoms with Gasteiger partial charge in [-0.2, -0.15) is 5.26 Å². The normalized spacial score (nSPS) is 14.2. The zero-order valence-corrected chi connectivity index (χ0v) is 30.7. The first kappa shape index (κ1) is 42.7. The highest BCUT2D eigenvalue weighted by molar-refractivity contribution is 6.30. The van der Waals surface area contributed by atoms with Crippen LogP contribution in [0.3, 0.4) is 0 Å². The molecule has 1 heterocycles. The number of aromatic nitrogens is 1. The number of hydrogen-bond donors (Lipinski definition) is 8. The molecular formula is C36H44ClN9O8. The molecule has 3 rings (SSSR count). The summed E-state index contributed by atoms with van der Waals surface area (Å²) in [5.74, 6) is -5.18. The second-order valence-corrected chi connectivity index (χ2v) is 12.8. The van der Waals surface area contributed by atoms with Gasteiger partial charge in [0.15, 0.2) is 0 Å². The van der Waals surface area contributed by atoms with E-state index in [0.717, 1.165) is 17.3 Å². The number of benzene rings is 2. The lowest BCUT2D eigenvalue weighted by atomic mass is 10.0. The summed E-state index contributed by atoms with van der Waals surface area (Å²) in [6.45, 7) is 3.93. The number of aliphatic hydroxyl groups is 1. The number of oxazole rings is 1. The summed E-state index contributed by atoms with van der Waals surface area (Å²) >= 11 is 5.96. The lowest BCUT2D eigenvalue weighted by molar-refractivity contribution is -0.135. The maximum Gasteiger partial charge on any atom is 0.266 e. The second kappa shape index (κ2) is 20.5. The Balaban J connectivity index is 1.60. The molecule has 3 aromatic rings. The molecule has 2 aromatic carbocycles. The van der Waals surface area contributed by atoms with Crippen molar-refractivity contribution in [3.63, 3.8) is 0 Å². The lowest BCUT2D eigenvalue weighted by Gasteiger charge is -2.26. The number of nitrogens with zero attached hydrogens (tertiary/aromatic N) is 2. The van der Waals surface area contributed by atoms with E-state index in [1.54, 1.807) is 42.5 Å². The average molecular weight is 766 g/mol. The Kier molecular flexibility index (Phi) is 16.3. The first-order chi connectivity index (χ1) is 25.7. The molecule has 0 aliphatic rings. The Hall–Kier alpha value is -5.67. The number of unbranched alkanes of at least 4 members (excludes halogenated alkanes) is 1. The Morgan fingerprint density at radius 3 is 1.94 bits per heavy atom. The molecule has 54 heavy (non-hydrogen) atoms. The zero-order valence-electron chi connectivity index (χ0n) is 29.9. The molecule has 0 saturated carbocycles. The highest BCUT2D eigenvalue weighted by Crippen LogP contribution is 2.22. The number of nitriles is 1. The molecule has 288 valence electrons. The van der Waals surface area contributed by atoms with Crippen LogP contribution in [0.2, 0.25) is 5.02 Å². The Morgan fingerprint density at radius 1 is 0.796 bits per heavy atom. The van der Waals surface area contributed by atoms with Crippen LogP contribution in [0.25, 0.3) is 11.1 Å². The molecule has 5 amide bonds. The minimum atomic E-state index is -1.57. The van der Waals surface area contributed by atoms with Gasteiger partial charge in [-0.15, -0.1) is 0 Å². The smallest absolute Gasteiger partial charge is 0.266 e. The third kappa shape index (κ3) is 12.2. The van der Waals surface area contributed by atoms with Crippen LogP contribution in [0, 0.1) is 11.3 Å². The van der Waals surface area contributed by atoms with E-state index in [1.165, 1.54) is 20.8 Å². The molecule has 0 unspecified atom stereocenters. The fourth-order valence-electron chi connectivity index (χ4n) is 5.02. The quantitative estimate of drug-likeness (QED) is 0.0604. The number of carbonyl (C=O) groups excluding carboxylic acids is 6. The largest absolute Gasteiger partial charge is 0.423 e. The van der Waals surface area contributed by atoms with Crippen LogP contribution in [-0.2, 0) is 19.2 Å². The van der Waals surface area contributed by atoms with Crippen LogP contribution in [0.1, 0.15) is 66.8 Å². The summed E-state index contributed by atoms with van der Waals surface area (Å²) in [6, 6.07) is 9.05. The number of halogens is 1. The van der Waals surface area contributed by atoms with E-state index >= 15 is 0 Å². The molecular weight excluding hydrogens is 722 g/mol. The van der Waals surface area contributed by atoms with Gasteiger partial charge in [-0.1, -0.05) is 35.9 Å². The third-order valence-electron chi connectivity index (χ3n) is 8.16. The van der Waals surface area contributed by atoms with Gasteiger partial charge in [-0.25, -0.2) is 4.98 Å². The van der Waals surface area contributed by atoms with E-state index in [4.69, 9.17) is 32.7 Å². The average Bonchev–Trinajstić information content (AvgIpc) is 3.64. The zero-order chi connectivity index (χ0) is 39.9. The fourth-order valence-corrected chi connectivity index (χ4v) is 5.15. The van der Waals surface area contributed by atoms with Gasteiger partial charge in [0.25, 0.3) is 11.8 Å². The van der Waals surface area contributed by atoms with Crippen LogP contribution in [0.5, 0.6) is 0 Å². The maximum absolute atomic E-state index is 13.2. The molecule has 1 aromatic heterocycles. The Bertz CT molecular complexity index is 1830. The van der Waals surface area contributed by atoms with Crippen molar-refractivity contribution < 1.29 is 38.3 Å². The maximum atomic E-state index is 13.2. The summed E-state index contributed by atoms with van der Waals surface area (Å²) in [6.07, 6.45) is 0.733. The third-order valence-corrected chi connectivity index (χ3v) is 8.41. The number of ketones is 1. The van der Waals surface area contributed by atoms with Crippen LogP contribution in [-0.4, -0.2) is 94.8 Å². The fraction of sp³-hybridized carbons (Fsp3) is 0.389. The second-order valence-electron chi connectivity index (χ2n) is 12.4. The summed E-state index contributed by atoms with van der Waals surface area (Å²) in [5, 5.41) is 32.2. The highest BCUT2D eigenvalue weighted by Gasteiger charge is 2.33. The lowest BCUT2D eigenvalue weighted by Crippen LogP contribution is -2.61. The van der Waals surface area contributed by atoms with E-state index in [1.807, 2.05) is 12.1 Å². The number of amides is 5. The predicted molar refractivity (Wildman–Crippen MR) is 196 cm³/mol. The molecule has 6 atom stereocenters. The minimum Gasteiger partial charge on any atom is -0.423 e. The Labute approximate surface area is 316 Å². The van der Waals surface area contributed by atoms with Gasteiger partial charge in [0.05, 0.1) is 18.3 Å². The highest BCUT2D eigenvalue weighted by atomic mass is 35.5. The molecule has 0 saturated heterocycles. The van der Waals surface area contributed by atoms with Crippen molar-refractivity contribution in [2.45, 2.75) is 76.3 Å². The van der Waals surface area contributed by atoms with Crippen molar-refractivity contribution in [2.24, 2.45) is 11.5 Å². The number of Topliss-reactive ketones (excluding diaryl/α,β-unsaturated/α-hetero) is 1. The molecule has 0 bridgehead atoms. The predicted octanol–water partition coefficient (Wildman–Crippen LogP) is 0.295. The number of carbonyl (C=O) groups is 6. The van der Waals surface area contributed by atoms with E-state index in [9.17, 15) is 33.9 Å². The monoisotopic (exact) mass is 765 g/mol. The van der Waals surface area contributed by atoms with Crippen LogP contribution in [0.15, 0.2) is 59.1 Å². The van der Waals surface area contributed by atoms with E-state index in [-0.39, 0.29) is 30.2 Å². The van der Waals surface area contributed by atoms with Gasteiger partial charge in [0, 0.05) is 17.1 Å². The summed E-state index contributed by atoms with van der Waals surface area (Å²) in [7, 11) is 0. The van der Waals surface area contributed by atoms with Crippen LogP contribution in [0.4, 0.5) is 0 Å². The molecule has 10 N–H and O–H groups in total. The molecule has 18 heteroatoms. The van der Waals surface area contributed by atoms with Gasteiger partial charge < -0.3 is 47.6 Å². The summed E-state index contributed by atoms with van der Waals surface area (Å²) < 4.78 is 5.04. The van der Waals surface area contributed by atoms with Crippen LogP contribution < -0.4 is 38.1 Å². The molecule has 0 spiro atoms. The van der Waals surface area contributed by atoms with Crippen molar-refractivity contribution in [2.75, 3.05) is 13.1 Å². The van der Waals surface area contributed by atoms with Gasteiger partial charge in [0.2, 0.25) is 35.2 Å². The number of aliphatic hydroxyl groups excluding tert-OH is 1. The van der Waals surface area contributed by atoms with E-state index in [2.05, 4.69) is 31.6 Å². The molecule has 0 fully saturated rings. The number of hydrogen-bond acceptors (Lipinski definition) is 12. The minimum absolute atomic E-state index is 0.138. The first-order valence-corrected chi connectivity index (χ1v) is 17.4. The van der Waals surface area contributed by atoms with E-state index < -0.39 is 71.6 Å². The van der Waals surface area contributed by atoms with Gasteiger partial charge in [0.1, 0.15) is 30.2 Å². The summed E-state index contributed by atoms with van der Waals surface area (Å²) in [5.41, 5.74) is 13.3. The van der Waals surface area contributed by atoms with Crippen molar-refractivity contribution in [1.29, 1.82) is 5.26 Å². The van der Waals surface area contributed by atoms with Crippen molar-refractivity contribution >= 4 is 46.9 Å². The van der Waals surface area contributed by atoms with Crippen molar-refractivity contribution in [3.05, 3.63) is 77.0 Å².